The summed E-state index contributed by atoms with van der Waals surface area (Å²) in [5, 5.41) is 10.8. The van der Waals surface area contributed by atoms with Crippen molar-refractivity contribution < 1.29 is 4.79 Å². The van der Waals surface area contributed by atoms with E-state index in [9.17, 15) is 4.79 Å². The number of halogens is 1. The molecule has 0 saturated carbocycles. The van der Waals surface area contributed by atoms with Crippen LogP contribution in [0.3, 0.4) is 0 Å². The Morgan fingerprint density at radius 3 is 2.50 bits per heavy atom. The average Bonchev–Trinajstić information content (AvgIpc) is 3.18. The van der Waals surface area contributed by atoms with Gasteiger partial charge in [-0.25, -0.2) is 0 Å². The number of anilines is 1. The van der Waals surface area contributed by atoms with Crippen molar-refractivity contribution in [1.29, 1.82) is 0 Å². The van der Waals surface area contributed by atoms with Crippen LogP contribution in [0.5, 0.6) is 0 Å². The van der Waals surface area contributed by atoms with Crippen molar-refractivity contribution in [3.8, 4) is 11.4 Å². The maximum absolute atomic E-state index is 12.7. The molecule has 0 radical (unpaired) electrons. The van der Waals surface area contributed by atoms with Gasteiger partial charge in [0.2, 0.25) is 5.91 Å². The average molecular weight is 471 g/mol. The SMILES string of the molecule is CC(CNC(=O)Cn1c(-c2ccc(Cl)cc2)n[nH]c1=S)N1CCN(c2ccccc2)CC1. The van der Waals surface area contributed by atoms with Gasteiger partial charge in [0.05, 0.1) is 0 Å². The van der Waals surface area contributed by atoms with Gasteiger partial charge in [-0.15, -0.1) is 0 Å². The first-order chi connectivity index (χ1) is 15.5. The molecule has 1 aromatic heterocycles. The monoisotopic (exact) mass is 470 g/mol. The van der Waals surface area contributed by atoms with Gasteiger partial charge in [-0.3, -0.25) is 19.4 Å². The van der Waals surface area contributed by atoms with E-state index in [0.717, 1.165) is 31.7 Å². The van der Waals surface area contributed by atoms with Crippen LogP contribution in [0.15, 0.2) is 54.6 Å². The lowest BCUT2D eigenvalue weighted by atomic mass is 10.2. The topological polar surface area (TPSA) is 69.2 Å². The van der Waals surface area contributed by atoms with Crippen molar-refractivity contribution in [2.45, 2.75) is 19.5 Å². The number of aromatic nitrogens is 3. The number of carbonyl (C=O) groups is 1. The quantitative estimate of drug-likeness (QED) is 0.516. The predicted octanol–water partition coefficient (Wildman–Crippen LogP) is 3.59. The number of piperazine rings is 1. The Hall–Kier alpha value is -2.68. The van der Waals surface area contributed by atoms with E-state index < -0.39 is 0 Å². The highest BCUT2D eigenvalue weighted by atomic mass is 35.5. The first-order valence-corrected chi connectivity index (χ1v) is 11.5. The Kier molecular flexibility index (Phi) is 7.24. The van der Waals surface area contributed by atoms with E-state index in [1.807, 2.05) is 18.2 Å². The second-order valence-electron chi connectivity index (χ2n) is 7.96. The van der Waals surface area contributed by atoms with Crippen LogP contribution in [0.25, 0.3) is 11.4 Å². The molecule has 2 aromatic carbocycles. The fourth-order valence-electron chi connectivity index (χ4n) is 3.93. The largest absolute Gasteiger partial charge is 0.369 e. The van der Waals surface area contributed by atoms with Crippen molar-refractivity contribution in [2.24, 2.45) is 0 Å². The van der Waals surface area contributed by atoms with Gasteiger partial charge >= 0.3 is 0 Å². The molecular weight excluding hydrogens is 444 g/mol. The van der Waals surface area contributed by atoms with Crippen LogP contribution in [0.4, 0.5) is 5.69 Å². The minimum Gasteiger partial charge on any atom is -0.369 e. The number of hydrogen-bond donors (Lipinski definition) is 2. The van der Waals surface area contributed by atoms with E-state index in [1.54, 1.807) is 16.7 Å². The molecule has 0 spiro atoms. The van der Waals surface area contributed by atoms with E-state index >= 15 is 0 Å². The molecule has 4 rings (SSSR count). The Bertz CT molecular complexity index is 1090. The lowest BCUT2D eigenvalue weighted by Crippen LogP contribution is -2.52. The Morgan fingerprint density at radius 1 is 1.12 bits per heavy atom. The first-order valence-electron chi connectivity index (χ1n) is 10.7. The van der Waals surface area contributed by atoms with Crippen LogP contribution >= 0.6 is 23.8 Å². The molecule has 2 heterocycles. The second kappa shape index (κ2) is 10.3. The van der Waals surface area contributed by atoms with Gasteiger partial charge < -0.3 is 10.2 Å². The molecule has 1 aliphatic heterocycles. The highest BCUT2D eigenvalue weighted by Gasteiger charge is 2.22. The zero-order valence-electron chi connectivity index (χ0n) is 18.0. The maximum Gasteiger partial charge on any atom is 0.240 e. The third kappa shape index (κ3) is 5.38. The highest BCUT2D eigenvalue weighted by Crippen LogP contribution is 2.20. The molecule has 1 aliphatic rings. The van der Waals surface area contributed by atoms with Gasteiger partial charge in [0, 0.05) is 55.0 Å². The molecule has 1 unspecified atom stereocenters. The van der Waals surface area contributed by atoms with Crippen molar-refractivity contribution in [2.75, 3.05) is 37.6 Å². The van der Waals surface area contributed by atoms with Gasteiger partial charge in [-0.2, -0.15) is 5.10 Å². The molecule has 1 saturated heterocycles. The summed E-state index contributed by atoms with van der Waals surface area (Å²) in [4.78, 5) is 17.5. The second-order valence-corrected chi connectivity index (χ2v) is 8.78. The minimum absolute atomic E-state index is 0.0903. The lowest BCUT2D eigenvalue weighted by molar-refractivity contribution is -0.121. The summed E-state index contributed by atoms with van der Waals surface area (Å²) in [7, 11) is 0. The molecule has 3 aromatic rings. The standard InChI is InChI=1S/C23H27ClN6OS/c1-17(28-11-13-29(14-12-28)20-5-3-2-4-6-20)15-25-21(31)16-30-22(26-27-23(30)32)18-7-9-19(24)10-8-18/h2-10,17H,11-16H2,1H3,(H,25,31)(H,27,32). The zero-order valence-corrected chi connectivity index (χ0v) is 19.6. The van der Waals surface area contributed by atoms with Crippen LogP contribution in [0, 0.1) is 4.77 Å². The number of benzene rings is 2. The van der Waals surface area contributed by atoms with E-state index in [4.69, 9.17) is 23.8 Å². The summed E-state index contributed by atoms with van der Waals surface area (Å²) >= 11 is 11.3. The normalized spacial score (nSPS) is 15.5. The Labute approximate surface area is 198 Å². The van der Waals surface area contributed by atoms with Crippen molar-refractivity contribution in [3.63, 3.8) is 0 Å². The molecule has 1 atom stereocenters. The van der Waals surface area contributed by atoms with Crippen LogP contribution in [-0.4, -0.2) is 64.3 Å². The van der Waals surface area contributed by atoms with E-state index in [0.29, 0.717) is 22.2 Å². The molecule has 1 amide bonds. The van der Waals surface area contributed by atoms with E-state index in [-0.39, 0.29) is 18.5 Å². The summed E-state index contributed by atoms with van der Waals surface area (Å²) in [6, 6.07) is 18.0. The summed E-state index contributed by atoms with van der Waals surface area (Å²) in [6.45, 7) is 6.77. The Morgan fingerprint density at radius 2 is 1.81 bits per heavy atom. The number of aromatic amines is 1. The molecular formula is C23H27ClN6OS. The van der Waals surface area contributed by atoms with Crippen LogP contribution < -0.4 is 10.2 Å². The number of H-pyrrole nitrogens is 1. The number of rotatable bonds is 7. The van der Waals surface area contributed by atoms with Gasteiger partial charge in [0.1, 0.15) is 6.54 Å². The van der Waals surface area contributed by atoms with Crippen molar-refractivity contribution >= 4 is 35.4 Å². The van der Waals surface area contributed by atoms with Crippen molar-refractivity contribution in [3.05, 3.63) is 64.4 Å². The fraction of sp³-hybridized carbons (Fsp3) is 0.348. The number of para-hydroxylation sites is 1. The molecule has 0 bridgehead atoms. The third-order valence-corrected chi connectivity index (χ3v) is 6.38. The summed E-state index contributed by atoms with van der Waals surface area (Å²) in [5.41, 5.74) is 2.11. The fourth-order valence-corrected chi connectivity index (χ4v) is 4.26. The number of nitrogens with zero attached hydrogens (tertiary/aromatic N) is 4. The van der Waals surface area contributed by atoms with E-state index in [2.05, 4.69) is 56.5 Å². The van der Waals surface area contributed by atoms with E-state index in [1.165, 1.54) is 5.69 Å². The van der Waals surface area contributed by atoms with Crippen LogP contribution in [0.2, 0.25) is 5.02 Å². The zero-order chi connectivity index (χ0) is 22.5. The molecule has 9 heteroatoms. The van der Waals surface area contributed by atoms with Gasteiger partial charge in [-0.05, 0) is 55.5 Å². The number of nitrogens with one attached hydrogen (secondary N) is 2. The van der Waals surface area contributed by atoms with Crippen molar-refractivity contribution in [1.82, 2.24) is 25.0 Å². The summed E-state index contributed by atoms with van der Waals surface area (Å²) in [6.07, 6.45) is 0. The first kappa shape index (κ1) is 22.5. The van der Waals surface area contributed by atoms with Gasteiger partial charge in [0.15, 0.2) is 10.6 Å². The maximum atomic E-state index is 12.7. The molecule has 7 nitrogen and oxygen atoms in total. The molecule has 32 heavy (non-hydrogen) atoms. The molecule has 2 N–H and O–H groups in total. The minimum atomic E-state index is -0.0903. The van der Waals surface area contributed by atoms with Crippen LogP contribution in [0.1, 0.15) is 6.92 Å². The predicted molar refractivity (Wildman–Crippen MR) is 131 cm³/mol. The van der Waals surface area contributed by atoms with Crippen LogP contribution in [-0.2, 0) is 11.3 Å². The smallest absolute Gasteiger partial charge is 0.240 e. The lowest BCUT2D eigenvalue weighted by Gasteiger charge is -2.39. The number of hydrogen-bond acceptors (Lipinski definition) is 5. The molecule has 1 fully saturated rings. The van der Waals surface area contributed by atoms with Gasteiger partial charge in [-0.1, -0.05) is 29.8 Å². The van der Waals surface area contributed by atoms with Gasteiger partial charge in [0.25, 0.3) is 0 Å². The number of amides is 1. The Balaban J connectivity index is 1.29. The highest BCUT2D eigenvalue weighted by molar-refractivity contribution is 7.71. The number of carbonyl (C=O) groups excluding carboxylic acids is 1. The third-order valence-electron chi connectivity index (χ3n) is 5.82. The summed E-state index contributed by atoms with van der Waals surface area (Å²) < 4.78 is 2.12. The molecule has 168 valence electrons. The summed E-state index contributed by atoms with van der Waals surface area (Å²) in [5.74, 6) is 0.527. The molecule has 0 aliphatic carbocycles.